The number of carboxylic acids is 1. The van der Waals surface area contributed by atoms with Crippen LogP contribution in [0.15, 0.2) is 12.2 Å². The van der Waals surface area contributed by atoms with Gasteiger partial charge in [0.05, 0.1) is 18.9 Å². The van der Waals surface area contributed by atoms with Crippen LogP contribution < -0.4 is 0 Å². The summed E-state index contributed by atoms with van der Waals surface area (Å²) >= 11 is 0. The molecule has 0 radical (unpaired) electrons. The van der Waals surface area contributed by atoms with Gasteiger partial charge in [0.15, 0.2) is 0 Å². The van der Waals surface area contributed by atoms with Gasteiger partial charge in [0.2, 0.25) is 0 Å². The Hall–Kier alpha value is -1.32. The lowest BCUT2D eigenvalue weighted by Gasteiger charge is -2.41. The third-order valence-electron chi connectivity index (χ3n) is 3.52. The minimum Gasteiger partial charge on any atom is -0.481 e. The summed E-state index contributed by atoms with van der Waals surface area (Å²) in [7, 11) is 1.31. The number of carbonyl (C=O) groups is 2. The van der Waals surface area contributed by atoms with Gasteiger partial charge in [-0.3, -0.25) is 9.59 Å². The summed E-state index contributed by atoms with van der Waals surface area (Å²) in [5.74, 6) is -1.96. The fourth-order valence-electron chi connectivity index (χ4n) is 2.64. The second-order valence-corrected chi connectivity index (χ2v) is 4.20. The Bertz CT molecular complexity index is 321. The average molecular weight is 210 g/mol. The van der Waals surface area contributed by atoms with Crippen LogP contribution in [0.25, 0.3) is 0 Å². The molecule has 0 aliphatic heterocycles. The van der Waals surface area contributed by atoms with Gasteiger partial charge < -0.3 is 9.84 Å². The van der Waals surface area contributed by atoms with E-state index in [9.17, 15) is 9.59 Å². The topological polar surface area (TPSA) is 63.6 Å². The molecule has 1 N–H and O–H groups in total. The largest absolute Gasteiger partial charge is 0.481 e. The van der Waals surface area contributed by atoms with E-state index in [4.69, 9.17) is 5.11 Å². The first-order valence-corrected chi connectivity index (χ1v) is 5.14. The lowest BCUT2D eigenvalue weighted by molar-refractivity contribution is -0.160. The summed E-state index contributed by atoms with van der Waals surface area (Å²) in [6.45, 7) is 0. The second-order valence-electron chi connectivity index (χ2n) is 4.20. The fraction of sp³-hybridized carbons (Fsp3) is 0.636. The first kappa shape index (κ1) is 10.2. The summed E-state index contributed by atoms with van der Waals surface area (Å²) in [5, 5.41) is 9.13. The summed E-state index contributed by atoms with van der Waals surface area (Å²) in [6.07, 6.45) is 5.45. The molecule has 2 aliphatic rings. The van der Waals surface area contributed by atoms with E-state index in [0.29, 0.717) is 12.3 Å². The van der Waals surface area contributed by atoms with Crippen LogP contribution in [0.1, 0.15) is 12.8 Å². The molecule has 0 heterocycles. The maximum atomic E-state index is 11.4. The molecule has 4 nitrogen and oxygen atoms in total. The van der Waals surface area contributed by atoms with E-state index in [1.807, 2.05) is 12.2 Å². The van der Waals surface area contributed by atoms with Crippen molar-refractivity contribution in [1.82, 2.24) is 0 Å². The third kappa shape index (κ3) is 1.54. The Morgan fingerprint density at radius 2 is 2.07 bits per heavy atom. The average Bonchev–Trinajstić information content (AvgIpc) is 2.17. The minimum atomic E-state index is -0.885. The van der Waals surface area contributed by atoms with Crippen molar-refractivity contribution >= 4 is 11.9 Å². The van der Waals surface area contributed by atoms with Gasteiger partial charge in [0, 0.05) is 0 Å². The molecule has 1 saturated carbocycles. The highest BCUT2D eigenvalue weighted by molar-refractivity contribution is 5.82. The molecule has 0 bridgehead atoms. The van der Waals surface area contributed by atoms with Gasteiger partial charge >= 0.3 is 11.9 Å². The van der Waals surface area contributed by atoms with E-state index < -0.39 is 17.8 Å². The van der Waals surface area contributed by atoms with Crippen LogP contribution >= 0.6 is 0 Å². The molecule has 0 aromatic carbocycles. The Balaban J connectivity index is 2.20. The number of aliphatic carboxylic acids is 1. The molecule has 0 saturated heterocycles. The van der Waals surface area contributed by atoms with Gasteiger partial charge in [-0.2, -0.15) is 0 Å². The Morgan fingerprint density at radius 1 is 1.33 bits per heavy atom. The number of ether oxygens (including phenoxy) is 1. The summed E-state index contributed by atoms with van der Waals surface area (Å²) < 4.78 is 4.65. The van der Waals surface area contributed by atoms with Gasteiger partial charge in [0.25, 0.3) is 0 Å². The van der Waals surface area contributed by atoms with Gasteiger partial charge in [0.1, 0.15) is 0 Å². The van der Waals surface area contributed by atoms with Crippen LogP contribution in [-0.2, 0) is 14.3 Å². The Labute approximate surface area is 87.9 Å². The highest BCUT2D eigenvalue weighted by atomic mass is 16.5. The number of fused-ring (bicyclic) bond motifs is 1. The zero-order valence-electron chi connectivity index (χ0n) is 8.55. The highest BCUT2D eigenvalue weighted by Gasteiger charge is 2.47. The van der Waals surface area contributed by atoms with E-state index in [-0.39, 0.29) is 11.9 Å². The number of methoxy groups -OCH3 is 1. The predicted octanol–water partition coefficient (Wildman–Crippen LogP) is 1.07. The maximum absolute atomic E-state index is 11.4. The van der Waals surface area contributed by atoms with Crippen LogP contribution in [0.2, 0.25) is 0 Å². The van der Waals surface area contributed by atoms with Crippen molar-refractivity contribution in [1.29, 1.82) is 0 Å². The molecule has 82 valence electrons. The maximum Gasteiger partial charge on any atom is 0.309 e. The number of rotatable bonds is 2. The molecule has 15 heavy (non-hydrogen) atoms. The number of allylic oxidation sites excluding steroid dienone is 2. The molecule has 0 spiro atoms. The normalized spacial score (nSPS) is 37.7. The molecule has 2 rings (SSSR count). The summed E-state index contributed by atoms with van der Waals surface area (Å²) in [6, 6.07) is 0. The number of carbonyl (C=O) groups excluding carboxylic acids is 1. The van der Waals surface area contributed by atoms with E-state index >= 15 is 0 Å². The van der Waals surface area contributed by atoms with Gasteiger partial charge in [-0.05, 0) is 24.7 Å². The van der Waals surface area contributed by atoms with Crippen LogP contribution in [0, 0.1) is 23.7 Å². The Kier molecular flexibility index (Phi) is 2.50. The van der Waals surface area contributed by atoms with E-state index in [1.165, 1.54) is 7.11 Å². The lowest BCUT2D eigenvalue weighted by Crippen LogP contribution is -2.44. The minimum absolute atomic E-state index is 0.0281. The van der Waals surface area contributed by atoms with Crippen LogP contribution in [0.5, 0.6) is 0 Å². The molecule has 0 aromatic rings. The first-order valence-electron chi connectivity index (χ1n) is 5.14. The smallest absolute Gasteiger partial charge is 0.309 e. The summed E-state index contributed by atoms with van der Waals surface area (Å²) in [4.78, 5) is 22.6. The predicted molar refractivity (Wildman–Crippen MR) is 52.0 cm³/mol. The molecule has 0 aromatic heterocycles. The fourth-order valence-corrected chi connectivity index (χ4v) is 2.64. The third-order valence-corrected chi connectivity index (χ3v) is 3.52. The molecule has 0 amide bonds. The van der Waals surface area contributed by atoms with Crippen molar-refractivity contribution in [2.45, 2.75) is 12.8 Å². The molecule has 4 atom stereocenters. The van der Waals surface area contributed by atoms with Gasteiger partial charge in [-0.1, -0.05) is 12.2 Å². The molecular weight excluding hydrogens is 196 g/mol. The van der Waals surface area contributed by atoms with Crippen molar-refractivity contribution in [3.63, 3.8) is 0 Å². The lowest BCUT2D eigenvalue weighted by atomic mass is 9.61. The monoisotopic (exact) mass is 210 g/mol. The molecule has 4 heteroatoms. The number of hydrogen-bond donors (Lipinski definition) is 1. The zero-order valence-corrected chi connectivity index (χ0v) is 8.55. The highest BCUT2D eigenvalue weighted by Crippen LogP contribution is 2.45. The van der Waals surface area contributed by atoms with E-state index in [1.54, 1.807) is 0 Å². The molecule has 2 aliphatic carbocycles. The van der Waals surface area contributed by atoms with Crippen LogP contribution in [0.3, 0.4) is 0 Å². The zero-order chi connectivity index (χ0) is 11.0. The van der Waals surface area contributed by atoms with Crippen LogP contribution in [0.4, 0.5) is 0 Å². The van der Waals surface area contributed by atoms with Crippen molar-refractivity contribution in [3.05, 3.63) is 12.2 Å². The molecule has 2 unspecified atom stereocenters. The van der Waals surface area contributed by atoms with Crippen molar-refractivity contribution in [2.24, 2.45) is 23.7 Å². The molecule has 1 fully saturated rings. The van der Waals surface area contributed by atoms with E-state index in [2.05, 4.69) is 4.74 Å². The van der Waals surface area contributed by atoms with Crippen molar-refractivity contribution in [3.8, 4) is 0 Å². The van der Waals surface area contributed by atoms with Gasteiger partial charge in [-0.25, -0.2) is 0 Å². The Morgan fingerprint density at radius 3 is 2.53 bits per heavy atom. The number of carboxylic acid groups (broad SMARTS) is 1. The van der Waals surface area contributed by atoms with Crippen LogP contribution in [-0.4, -0.2) is 24.2 Å². The van der Waals surface area contributed by atoms with E-state index in [0.717, 1.165) is 6.42 Å². The van der Waals surface area contributed by atoms with Crippen molar-refractivity contribution in [2.75, 3.05) is 7.11 Å². The summed E-state index contributed by atoms with van der Waals surface area (Å²) in [5.41, 5.74) is 0. The first-order chi connectivity index (χ1) is 7.15. The quantitative estimate of drug-likeness (QED) is 0.547. The SMILES string of the molecule is COC(=O)[C@@H]1CCC2C=CC2[C@@H]1C(=O)O. The molecular formula is C11H14O4. The number of esters is 1. The number of hydrogen-bond acceptors (Lipinski definition) is 3. The van der Waals surface area contributed by atoms with Gasteiger partial charge in [-0.15, -0.1) is 0 Å². The standard InChI is InChI=1S/C11H14O4/c1-15-11(14)8-5-3-6-2-4-7(6)9(8)10(12)13/h2,4,6-9H,3,5H2,1H3,(H,12,13)/t6?,7?,8-,9+/m1/s1. The van der Waals surface area contributed by atoms with Crippen molar-refractivity contribution < 1.29 is 19.4 Å². The second kappa shape index (κ2) is 3.68.